The molecule has 0 radical (unpaired) electrons. The summed E-state index contributed by atoms with van der Waals surface area (Å²) in [6.45, 7) is 0. The summed E-state index contributed by atoms with van der Waals surface area (Å²) in [5, 5.41) is 0. The maximum atomic E-state index is 2.28. The highest BCUT2D eigenvalue weighted by Crippen LogP contribution is 2.34. The van der Waals surface area contributed by atoms with E-state index in [0.29, 0.717) is 0 Å². The summed E-state index contributed by atoms with van der Waals surface area (Å²) in [5.74, 6) is 0. The van der Waals surface area contributed by atoms with Gasteiger partial charge in [0, 0.05) is 17.1 Å². The fraction of sp³-hybridized carbons (Fsp3) is 0. The van der Waals surface area contributed by atoms with Gasteiger partial charge in [-0.3, -0.25) is 0 Å². The Hall–Kier alpha value is -5.66. The number of nitrogens with zero attached hydrogens (tertiary/aromatic N) is 1. The fourth-order valence-electron chi connectivity index (χ4n) is 5.10. The van der Waals surface area contributed by atoms with Gasteiger partial charge in [-0.25, -0.2) is 0 Å². The SMILES string of the molecule is C(=Cc1ccc(C=Cc2ccc(N(c3ccccc3)c3ccccc3)cc2)cc1)C=C(c1ccccc1)c1ccccc1. The number of benzene rings is 6. The lowest BCUT2D eigenvalue weighted by Gasteiger charge is -2.25. The van der Waals surface area contributed by atoms with Crippen molar-refractivity contribution in [3.8, 4) is 0 Å². The van der Waals surface area contributed by atoms with Crippen LogP contribution >= 0.6 is 0 Å². The van der Waals surface area contributed by atoms with Crippen LogP contribution < -0.4 is 4.90 Å². The van der Waals surface area contributed by atoms with Crippen molar-refractivity contribution in [2.24, 2.45) is 0 Å². The van der Waals surface area contributed by atoms with E-state index in [-0.39, 0.29) is 0 Å². The maximum absolute atomic E-state index is 2.28. The molecule has 0 heterocycles. The van der Waals surface area contributed by atoms with Crippen LogP contribution in [0, 0.1) is 0 Å². The molecule has 0 atom stereocenters. The van der Waals surface area contributed by atoms with Crippen molar-refractivity contribution >= 4 is 40.9 Å². The molecule has 0 spiro atoms. The molecule has 6 aromatic carbocycles. The number of rotatable bonds is 9. The van der Waals surface area contributed by atoms with Gasteiger partial charge in [-0.15, -0.1) is 0 Å². The van der Waals surface area contributed by atoms with Gasteiger partial charge in [0.1, 0.15) is 0 Å². The zero-order valence-corrected chi connectivity index (χ0v) is 24.0. The Balaban J connectivity index is 1.15. The van der Waals surface area contributed by atoms with Crippen LogP contribution in [0.15, 0.2) is 182 Å². The van der Waals surface area contributed by atoms with E-state index in [4.69, 9.17) is 0 Å². The molecule has 0 aromatic heterocycles. The molecule has 0 fully saturated rings. The molecule has 43 heavy (non-hydrogen) atoms. The third-order valence-electron chi connectivity index (χ3n) is 7.31. The minimum Gasteiger partial charge on any atom is -0.311 e. The number of para-hydroxylation sites is 2. The maximum Gasteiger partial charge on any atom is 0.0462 e. The lowest BCUT2D eigenvalue weighted by Crippen LogP contribution is -2.09. The van der Waals surface area contributed by atoms with Crippen LogP contribution in [0.4, 0.5) is 17.1 Å². The highest BCUT2D eigenvalue weighted by molar-refractivity contribution is 5.82. The lowest BCUT2D eigenvalue weighted by atomic mass is 9.97. The Kier molecular flexibility index (Phi) is 8.83. The first-order valence-electron chi connectivity index (χ1n) is 14.6. The van der Waals surface area contributed by atoms with Crippen LogP contribution in [0.1, 0.15) is 27.8 Å². The van der Waals surface area contributed by atoms with Gasteiger partial charge in [0.05, 0.1) is 0 Å². The fourth-order valence-corrected chi connectivity index (χ4v) is 5.10. The van der Waals surface area contributed by atoms with E-state index in [1.54, 1.807) is 0 Å². The van der Waals surface area contributed by atoms with E-state index in [2.05, 4.69) is 193 Å². The number of hydrogen-bond acceptors (Lipinski definition) is 1. The van der Waals surface area contributed by atoms with Gasteiger partial charge >= 0.3 is 0 Å². The topological polar surface area (TPSA) is 3.24 Å². The van der Waals surface area contributed by atoms with E-state index in [1.165, 1.54) is 27.8 Å². The second kappa shape index (κ2) is 13.8. The molecule has 0 aliphatic heterocycles. The molecular formula is C42H33N. The highest BCUT2D eigenvalue weighted by atomic mass is 15.1. The third kappa shape index (κ3) is 7.16. The molecule has 0 N–H and O–H groups in total. The molecule has 6 aromatic rings. The monoisotopic (exact) mass is 551 g/mol. The van der Waals surface area contributed by atoms with Crippen LogP contribution in [0.2, 0.25) is 0 Å². The molecule has 0 saturated heterocycles. The summed E-state index contributed by atoms with van der Waals surface area (Å²) in [6.07, 6.45) is 10.8. The van der Waals surface area contributed by atoms with Crippen LogP contribution in [0.5, 0.6) is 0 Å². The van der Waals surface area contributed by atoms with Gasteiger partial charge in [-0.2, -0.15) is 0 Å². The first-order chi connectivity index (χ1) is 21.3. The van der Waals surface area contributed by atoms with E-state index in [1.807, 2.05) is 12.1 Å². The van der Waals surface area contributed by atoms with Crippen LogP contribution in [-0.2, 0) is 0 Å². The van der Waals surface area contributed by atoms with E-state index < -0.39 is 0 Å². The number of allylic oxidation sites excluding steroid dienone is 2. The average molecular weight is 552 g/mol. The molecule has 0 bridgehead atoms. The average Bonchev–Trinajstić information content (AvgIpc) is 3.09. The zero-order chi connectivity index (χ0) is 29.1. The molecule has 0 saturated carbocycles. The largest absolute Gasteiger partial charge is 0.311 e. The molecule has 0 unspecified atom stereocenters. The third-order valence-corrected chi connectivity index (χ3v) is 7.31. The van der Waals surface area contributed by atoms with Crippen molar-refractivity contribution in [2.45, 2.75) is 0 Å². The van der Waals surface area contributed by atoms with Crippen molar-refractivity contribution in [3.05, 3.63) is 210 Å². The van der Waals surface area contributed by atoms with Gasteiger partial charge in [0.15, 0.2) is 0 Å². The summed E-state index contributed by atoms with van der Waals surface area (Å²) in [7, 11) is 0. The minimum absolute atomic E-state index is 1.13. The van der Waals surface area contributed by atoms with Gasteiger partial charge in [0.25, 0.3) is 0 Å². The van der Waals surface area contributed by atoms with Crippen molar-refractivity contribution in [2.75, 3.05) is 4.90 Å². The van der Waals surface area contributed by atoms with Crippen molar-refractivity contribution in [1.29, 1.82) is 0 Å². The van der Waals surface area contributed by atoms with E-state index >= 15 is 0 Å². The van der Waals surface area contributed by atoms with E-state index in [9.17, 15) is 0 Å². The number of anilines is 3. The van der Waals surface area contributed by atoms with Crippen LogP contribution in [0.3, 0.4) is 0 Å². The molecule has 0 aliphatic carbocycles. The minimum atomic E-state index is 1.13. The molecule has 0 aliphatic rings. The second-order valence-corrected chi connectivity index (χ2v) is 10.3. The van der Waals surface area contributed by atoms with Gasteiger partial charge in [-0.1, -0.05) is 164 Å². The van der Waals surface area contributed by atoms with Gasteiger partial charge in [-0.05, 0) is 69.8 Å². The Morgan fingerprint density at radius 2 is 0.698 bits per heavy atom. The second-order valence-electron chi connectivity index (χ2n) is 10.3. The molecule has 206 valence electrons. The predicted molar refractivity (Wildman–Crippen MR) is 185 cm³/mol. The van der Waals surface area contributed by atoms with Crippen molar-refractivity contribution in [1.82, 2.24) is 0 Å². The standard InChI is InChI=1S/C42H33N/c1-5-15-37(16-6-1)42(38-17-7-2-8-18-38)23-13-14-34-24-26-35(27-25-34)28-29-36-30-32-41(33-31-36)43(39-19-9-3-10-20-39)40-21-11-4-12-22-40/h1-33H. The molecule has 1 nitrogen and oxygen atoms in total. The zero-order valence-electron chi connectivity index (χ0n) is 24.0. The van der Waals surface area contributed by atoms with Gasteiger partial charge in [0.2, 0.25) is 0 Å². The summed E-state index contributed by atoms with van der Waals surface area (Å²) < 4.78 is 0. The molecular weight excluding hydrogens is 518 g/mol. The number of hydrogen-bond donors (Lipinski definition) is 0. The molecule has 0 amide bonds. The normalized spacial score (nSPS) is 11.1. The van der Waals surface area contributed by atoms with Crippen LogP contribution in [0.25, 0.3) is 23.8 Å². The quantitative estimate of drug-likeness (QED) is 0.128. The first kappa shape index (κ1) is 27.5. The molecule has 1 heteroatoms. The van der Waals surface area contributed by atoms with Crippen LogP contribution in [-0.4, -0.2) is 0 Å². The Morgan fingerprint density at radius 1 is 0.349 bits per heavy atom. The lowest BCUT2D eigenvalue weighted by molar-refractivity contribution is 1.28. The van der Waals surface area contributed by atoms with Gasteiger partial charge < -0.3 is 4.90 Å². The smallest absolute Gasteiger partial charge is 0.0462 e. The predicted octanol–water partition coefficient (Wildman–Crippen LogP) is 11.5. The summed E-state index contributed by atoms with van der Waals surface area (Å²) in [6, 6.07) is 59.4. The van der Waals surface area contributed by atoms with Crippen molar-refractivity contribution in [3.63, 3.8) is 0 Å². The molecule has 6 rings (SSSR count). The first-order valence-corrected chi connectivity index (χ1v) is 14.6. The summed E-state index contributed by atoms with van der Waals surface area (Å²) in [5.41, 5.74) is 10.5. The van der Waals surface area contributed by atoms with E-state index in [0.717, 1.165) is 22.6 Å². The summed E-state index contributed by atoms with van der Waals surface area (Å²) >= 11 is 0. The summed E-state index contributed by atoms with van der Waals surface area (Å²) in [4.78, 5) is 2.28. The Morgan fingerprint density at radius 3 is 1.14 bits per heavy atom. The Labute approximate surface area is 255 Å². The van der Waals surface area contributed by atoms with Crippen molar-refractivity contribution < 1.29 is 0 Å². The highest BCUT2D eigenvalue weighted by Gasteiger charge is 2.11. The Bertz CT molecular complexity index is 1720.